The van der Waals surface area contributed by atoms with Crippen molar-refractivity contribution in [1.82, 2.24) is 19.8 Å². The molecule has 2 aromatic rings. The Morgan fingerprint density at radius 2 is 1.91 bits per heavy atom. The highest BCUT2D eigenvalue weighted by Gasteiger charge is 2.31. The Balaban J connectivity index is 1.23. The van der Waals surface area contributed by atoms with Crippen LogP contribution in [-0.4, -0.2) is 91.3 Å². The number of hydrogen-bond acceptors (Lipinski definition) is 9. The molecule has 3 heterocycles. The van der Waals surface area contributed by atoms with E-state index < -0.39 is 9.84 Å². The number of halogens is 1. The van der Waals surface area contributed by atoms with Crippen LogP contribution >= 0.6 is 11.6 Å². The molecule has 13 heteroatoms. The summed E-state index contributed by atoms with van der Waals surface area (Å²) in [5.41, 5.74) is 1.83. The van der Waals surface area contributed by atoms with Gasteiger partial charge in [-0.3, -0.25) is 9.59 Å². The van der Waals surface area contributed by atoms with Crippen molar-refractivity contribution in [1.29, 1.82) is 0 Å². The van der Waals surface area contributed by atoms with Gasteiger partial charge in [-0.2, -0.15) is 0 Å². The van der Waals surface area contributed by atoms with Crippen LogP contribution in [0.5, 0.6) is 5.75 Å². The quantitative estimate of drug-likeness (QED) is 0.419. The minimum absolute atomic E-state index is 0.00990. The number of sulfone groups is 1. The summed E-state index contributed by atoms with van der Waals surface area (Å²) in [5, 5.41) is 6.98. The van der Waals surface area contributed by atoms with Gasteiger partial charge >= 0.3 is 0 Å². The van der Waals surface area contributed by atoms with Crippen molar-refractivity contribution in [2.45, 2.75) is 51.0 Å². The first-order valence-corrected chi connectivity index (χ1v) is 17.3. The van der Waals surface area contributed by atoms with Crippen LogP contribution in [0.4, 0.5) is 17.3 Å². The second-order valence-corrected chi connectivity index (χ2v) is 14.2. The Hall–Kier alpha value is -3.38. The molecule has 0 bridgehead atoms. The summed E-state index contributed by atoms with van der Waals surface area (Å²) in [7, 11) is -1.60. The molecule has 0 spiro atoms. The second kappa shape index (κ2) is 13.5. The van der Waals surface area contributed by atoms with Gasteiger partial charge in [0, 0.05) is 69.5 Å². The maximum Gasteiger partial charge on any atom is 0.249 e. The summed E-state index contributed by atoms with van der Waals surface area (Å²) in [5.74, 6) is 1.81. The Kier molecular flexibility index (Phi) is 9.75. The topological polar surface area (TPSA) is 134 Å². The van der Waals surface area contributed by atoms with E-state index in [0.717, 1.165) is 44.8 Å². The zero-order chi connectivity index (χ0) is 30.6. The Morgan fingerprint density at radius 3 is 2.60 bits per heavy atom. The smallest absolute Gasteiger partial charge is 0.249 e. The predicted molar refractivity (Wildman–Crippen MR) is 167 cm³/mol. The van der Waals surface area contributed by atoms with Crippen molar-refractivity contribution in [3.63, 3.8) is 0 Å². The lowest BCUT2D eigenvalue weighted by molar-refractivity contribution is -0.137. The number of anilines is 3. The summed E-state index contributed by atoms with van der Waals surface area (Å²) >= 11 is 6.63. The second-order valence-electron chi connectivity index (χ2n) is 11.6. The van der Waals surface area contributed by atoms with E-state index in [-0.39, 0.29) is 30.2 Å². The third-order valence-electron chi connectivity index (χ3n) is 8.25. The maximum atomic E-state index is 13.1. The third-order valence-corrected chi connectivity index (χ3v) is 9.47. The number of amides is 2. The molecule has 1 aromatic carbocycles. The van der Waals surface area contributed by atoms with Gasteiger partial charge in [-0.1, -0.05) is 24.4 Å². The molecular formula is C30H39ClN6O5S. The molecule has 3 aliphatic rings. The highest BCUT2D eigenvalue weighted by molar-refractivity contribution is 7.90. The number of likely N-dealkylation sites (N-methyl/N-ethyl adjacent to an activating group) is 1. The van der Waals surface area contributed by atoms with Crippen LogP contribution in [0.2, 0.25) is 5.02 Å². The number of piperidine rings is 1. The zero-order valence-corrected chi connectivity index (χ0v) is 26.2. The van der Waals surface area contributed by atoms with Crippen molar-refractivity contribution in [2.24, 2.45) is 5.92 Å². The van der Waals surface area contributed by atoms with Gasteiger partial charge in [0.15, 0.2) is 0 Å². The predicted octanol–water partition coefficient (Wildman–Crippen LogP) is 4.14. The van der Waals surface area contributed by atoms with E-state index in [4.69, 9.17) is 16.3 Å². The molecule has 1 saturated heterocycles. The number of hydrogen-bond donors (Lipinski definition) is 2. The van der Waals surface area contributed by atoms with Crippen LogP contribution in [0.25, 0.3) is 6.08 Å². The van der Waals surface area contributed by atoms with Gasteiger partial charge in [-0.25, -0.2) is 18.4 Å². The molecule has 232 valence electrons. The lowest BCUT2D eigenvalue weighted by atomic mass is 10.0. The zero-order valence-electron chi connectivity index (χ0n) is 24.6. The monoisotopic (exact) mass is 630 g/mol. The molecule has 2 aliphatic heterocycles. The number of fused-ring (bicyclic) bond motifs is 1. The third kappa shape index (κ3) is 7.97. The number of carbonyl (C=O) groups excluding carboxylic acids is 2. The number of ether oxygens (including phenoxy) is 1. The molecule has 2 fully saturated rings. The van der Waals surface area contributed by atoms with Crippen molar-refractivity contribution < 1.29 is 22.7 Å². The molecule has 1 aromatic heterocycles. The van der Waals surface area contributed by atoms with Gasteiger partial charge < -0.3 is 25.2 Å². The average molecular weight is 631 g/mol. The minimum Gasteiger partial charge on any atom is -0.489 e. The van der Waals surface area contributed by atoms with E-state index in [2.05, 4.69) is 20.6 Å². The molecule has 2 amide bonds. The molecule has 0 unspecified atom stereocenters. The van der Waals surface area contributed by atoms with Gasteiger partial charge in [0.05, 0.1) is 16.3 Å². The summed E-state index contributed by atoms with van der Waals surface area (Å²) in [4.78, 5) is 38.1. The standard InChI is InChI=1S/C30H39ClN6O5S/c1-36(15-16-43(2,40)41)29(38)21-9-12-32-27-24(17-21)28(34-19-33-27)35-22-7-8-26(25(31)18-22)42-23-10-13-37(14-11-23)30(39)20-5-3-4-6-20/h7-8,17-20,23H,3-6,9-16H2,1-2H3,(H2,32,33,34,35). The number of carbonyl (C=O) groups is 2. The van der Waals surface area contributed by atoms with Crippen molar-refractivity contribution >= 4 is 56.7 Å². The van der Waals surface area contributed by atoms with Crippen LogP contribution in [0.15, 0.2) is 30.1 Å². The van der Waals surface area contributed by atoms with Crippen LogP contribution in [0.1, 0.15) is 50.5 Å². The summed E-state index contributed by atoms with van der Waals surface area (Å²) in [6.07, 6.45) is 10.7. The van der Waals surface area contributed by atoms with Gasteiger partial charge in [0.2, 0.25) is 11.8 Å². The van der Waals surface area contributed by atoms with Gasteiger partial charge in [-0.15, -0.1) is 0 Å². The average Bonchev–Trinajstić information content (AvgIpc) is 3.43. The fraction of sp³-hybridized carbons (Fsp3) is 0.533. The number of rotatable bonds is 9. The Bertz CT molecular complexity index is 1490. The SMILES string of the molecule is CN(CCS(C)(=O)=O)C(=O)C1=Cc2c(ncnc2Nc2ccc(OC3CCN(C(=O)C4CCCC4)CC3)c(Cl)c2)NCC1. The first-order valence-electron chi connectivity index (χ1n) is 14.8. The van der Waals surface area contributed by atoms with Crippen molar-refractivity contribution in [3.8, 4) is 5.75 Å². The first-order chi connectivity index (χ1) is 20.6. The van der Waals surface area contributed by atoms with E-state index in [1.807, 2.05) is 17.0 Å². The van der Waals surface area contributed by atoms with Gasteiger partial charge in [0.1, 0.15) is 39.7 Å². The minimum atomic E-state index is -3.19. The van der Waals surface area contributed by atoms with E-state index in [1.54, 1.807) is 19.2 Å². The molecule has 0 radical (unpaired) electrons. The molecule has 43 heavy (non-hydrogen) atoms. The van der Waals surface area contributed by atoms with Crippen LogP contribution in [0, 0.1) is 5.92 Å². The Labute approximate surface area is 258 Å². The maximum absolute atomic E-state index is 13.1. The number of likely N-dealkylation sites (tertiary alicyclic amines) is 1. The summed E-state index contributed by atoms with van der Waals surface area (Å²) in [6.45, 7) is 2.01. The highest BCUT2D eigenvalue weighted by atomic mass is 35.5. The number of aromatic nitrogens is 2. The lowest BCUT2D eigenvalue weighted by Gasteiger charge is -2.33. The number of benzene rings is 1. The first kappa shape index (κ1) is 31.1. The molecule has 2 N–H and O–H groups in total. The van der Waals surface area contributed by atoms with Gasteiger partial charge in [-0.05, 0) is 43.5 Å². The summed E-state index contributed by atoms with van der Waals surface area (Å²) < 4.78 is 29.4. The highest BCUT2D eigenvalue weighted by Crippen LogP contribution is 2.34. The van der Waals surface area contributed by atoms with E-state index in [1.165, 1.54) is 11.2 Å². The van der Waals surface area contributed by atoms with Crippen molar-refractivity contribution in [3.05, 3.63) is 40.7 Å². The van der Waals surface area contributed by atoms with E-state index in [0.29, 0.717) is 71.2 Å². The molecule has 1 saturated carbocycles. The van der Waals surface area contributed by atoms with E-state index in [9.17, 15) is 18.0 Å². The molecule has 0 atom stereocenters. The van der Waals surface area contributed by atoms with E-state index >= 15 is 0 Å². The number of nitrogens with one attached hydrogen (secondary N) is 2. The molecule has 11 nitrogen and oxygen atoms in total. The number of nitrogens with zero attached hydrogens (tertiary/aromatic N) is 4. The fourth-order valence-corrected chi connectivity index (χ4v) is 6.60. The lowest BCUT2D eigenvalue weighted by Crippen LogP contribution is -2.44. The molecular weight excluding hydrogens is 592 g/mol. The normalized spacial score (nSPS) is 17.8. The molecule has 5 rings (SSSR count). The molecule has 1 aliphatic carbocycles. The van der Waals surface area contributed by atoms with Crippen LogP contribution < -0.4 is 15.4 Å². The van der Waals surface area contributed by atoms with Crippen molar-refractivity contribution in [2.75, 3.05) is 55.9 Å². The summed E-state index contributed by atoms with van der Waals surface area (Å²) in [6, 6.07) is 5.44. The van der Waals surface area contributed by atoms with Crippen LogP contribution in [0.3, 0.4) is 0 Å². The fourth-order valence-electron chi connectivity index (χ4n) is 5.77. The van der Waals surface area contributed by atoms with Gasteiger partial charge in [0.25, 0.3) is 0 Å². The Morgan fingerprint density at radius 1 is 1.16 bits per heavy atom. The largest absolute Gasteiger partial charge is 0.489 e. The van der Waals surface area contributed by atoms with Crippen LogP contribution in [-0.2, 0) is 19.4 Å².